The number of methoxy groups -OCH3 is 1. The topological polar surface area (TPSA) is 441 Å². The summed E-state index contributed by atoms with van der Waals surface area (Å²) in [5, 5.41) is 47.5. The molecule has 0 bridgehead atoms. The lowest BCUT2D eigenvalue weighted by atomic mass is 10.0. The number of amides is 6. The number of aliphatic hydroxyl groups excluding tert-OH is 3. The summed E-state index contributed by atoms with van der Waals surface area (Å²) in [6.45, 7) is 14.3. The Kier molecular flexibility index (Phi) is 46.5. The van der Waals surface area contributed by atoms with Gasteiger partial charge in [0.1, 0.15) is 66.2 Å². The lowest BCUT2D eigenvalue weighted by Crippen LogP contribution is -2.56. The number of nitrogens with one attached hydrogen (secondary N) is 3. The Morgan fingerprint density at radius 2 is 0.873 bits per heavy atom. The standard InChI is InChI=1S/C30H43F2N3O6S.C27H40F2N4O6S.C24H39F2N3O6S/c1-4-5-13-42(39,40)20-27(34-30(38)41-19-22-9-7-6-8-10-22)29(37)35(12-11-21(2)3)18-28(36)26(33)16-23-14-24(31)17-25(32)15-23;1-3-6-22(7-4-2)40(37,38)17-24(32-27(36)39-11-5-10-30)26(35)33(21-8-9-21)16-25(34)23(31)14-18-12-19(28)15-20(29)13-18;1-5-6-9-36(33,34)15-21(28-24(32)35-4)23(31)29(8-7-16(2)3)14-22(30)20(27)12-17-10-18(25)13-19(26)11-17/h6-10,14-15,17,21,26-28,36H,4-5,11-13,16,18-20,33H2,1-3H3,(H,34,38);12-13,15,21-25,34H,3-9,11,14,16-17,31H2,1-2H3,(H,32,36);10-11,13,16,20-22,30H,5-9,12,14-15,27H2,1-4H3,(H,28,32)/t26-,27+,28+;23-,24+,25+;20-,21+,22+/m000/s1. The number of ether oxygens (including phenoxy) is 3. The van der Waals surface area contributed by atoms with Crippen LogP contribution in [0.5, 0.6) is 0 Å². The number of nitriles is 1. The van der Waals surface area contributed by atoms with Crippen molar-refractivity contribution in [3.8, 4) is 6.07 Å². The Morgan fingerprint density at radius 3 is 1.22 bits per heavy atom. The predicted octanol–water partition coefficient (Wildman–Crippen LogP) is 8.17. The number of carbonyl (C=O) groups is 6. The molecule has 0 spiro atoms. The second kappa shape index (κ2) is 52.7. The molecule has 118 heavy (non-hydrogen) atoms. The van der Waals surface area contributed by atoms with Gasteiger partial charge in [0.25, 0.3) is 0 Å². The van der Waals surface area contributed by atoms with Gasteiger partial charge in [-0.1, -0.05) is 111 Å². The van der Waals surface area contributed by atoms with Gasteiger partial charge < -0.3 is 77.4 Å². The molecule has 12 N–H and O–H groups in total. The number of alkyl carbamates (subject to hydrolysis) is 3. The summed E-state index contributed by atoms with van der Waals surface area (Å²) in [5.74, 6) is -8.68. The van der Waals surface area contributed by atoms with E-state index in [2.05, 4.69) is 20.7 Å². The highest BCUT2D eigenvalue weighted by Crippen LogP contribution is 2.29. The van der Waals surface area contributed by atoms with Gasteiger partial charge in [-0.05, 0) is 141 Å². The number of rotatable bonds is 49. The highest BCUT2D eigenvalue weighted by Gasteiger charge is 2.42. The molecule has 0 unspecified atom stereocenters. The maximum absolute atomic E-state index is 13.8. The first-order valence-electron chi connectivity index (χ1n) is 39.8. The maximum Gasteiger partial charge on any atom is 0.408 e. The van der Waals surface area contributed by atoms with E-state index < -0.39 is 177 Å². The van der Waals surface area contributed by atoms with Crippen molar-refractivity contribution in [2.24, 2.45) is 29.0 Å². The normalized spacial score (nSPS) is 14.6. The van der Waals surface area contributed by atoms with Crippen LogP contribution in [-0.4, -0.2) is 232 Å². The predicted molar refractivity (Wildman–Crippen MR) is 435 cm³/mol. The van der Waals surface area contributed by atoms with Crippen molar-refractivity contribution >= 4 is 65.5 Å². The van der Waals surface area contributed by atoms with Gasteiger partial charge in [-0.2, -0.15) is 5.26 Å². The quantitative estimate of drug-likeness (QED) is 0.0114. The molecule has 28 nitrogen and oxygen atoms in total. The van der Waals surface area contributed by atoms with Gasteiger partial charge >= 0.3 is 18.3 Å². The molecule has 37 heteroatoms. The van der Waals surface area contributed by atoms with Crippen molar-refractivity contribution in [1.82, 2.24) is 30.7 Å². The van der Waals surface area contributed by atoms with Crippen LogP contribution >= 0.6 is 0 Å². The van der Waals surface area contributed by atoms with Gasteiger partial charge in [-0.15, -0.1) is 0 Å². The summed E-state index contributed by atoms with van der Waals surface area (Å²) in [7, 11) is -10.1. The van der Waals surface area contributed by atoms with Crippen molar-refractivity contribution < 1.29 is 110 Å². The molecule has 4 aromatic carbocycles. The molecule has 0 saturated heterocycles. The first-order chi connectivity index (χ1) is 55.5. The molecular formula is C81H122F6N10O18S3. The molecule has 4 aromatic rings. The molecule has 0 radical (unpaired) electrons. The van der Waals surface area contributed by atoms with Crippen molar-refractivity contribution in [2.45, 2.75) is 231 Å². The SMILES string of the molecule is CCCC(CCC)S(=O)(=O)C[C@@H](NC(=O)OCCC#N)C(=O)N(C[C@@H](O)[C@@H](N)Cc1cc(F)cc(F)c1)C1CC1.CCCCS(=O)(=O)C[C@@H](NC(=O)OC)C(=O)N(CCC(C)C)C[C@@H](O)[C@@H](N)Cc1cc(F)cc(F)c1.CCCCS(=O)(=O)C[C@@H](NC(=O)OCc1ccccc1)C(=O)N(CCC(C)C)C[C@@H](O)[C@@H](N)Cc1cc(F)cc(F)c1. The molecule has 0 aromatic heterocycles. The van der Waals surface area contributed by atoms with Gasteiger partial charge in [-0.3, -0.25) is 14.4 Å². The Balaban J connectivity index is 0.000000459. The zero-order valence-corrected chi connectivity index (χ0v) is 71.3. The minimum absolute atomic E-state index is 0.0582. The molecule has 1 fully saturated rings. The summed E-state index contributed by atoms with van der Waals surface area (Å²) in [6.07, 6.45) is -0.705. The lowest BCUT2D eigenvalue weighted by molar-refractivity contribution is -0.135. The van der Waals surface area contributed by atoms with Gasteiger partial charge in [0, 0.05) is 75.1 Å². The Bertz CT molecular complexity index is 4110. The van der Waals surface area contributed by atoms with E-state index >= 15 is 0 Å². The van der Waals surface area contributed by atoms with Crippen LogP contribution in [0.4, 0.5) is 40.7 Å². The number of carbonyl (C=O) groups excluding carboxylic acids is 6. The van der Waals surface area contributed by atoms with E-state index in [4.69, 9.17) is 31.9 Å². The lowest BCUT2D eigenvalue weighted by Gasteiger charge is -2.31. The molecule has 0 heterocycles. The van der Waals surface area contributed by atoms with Crippen LogP contribution in [0.1, 0.15) is 161 Å². The van der Waals surface area contributed by atoms with Crippen LogP contribution < -0.4 is 33.2 Å². The van der Waals surface area contributed by atoms with E-state index in [-0.39, 0.29) is 118 Å². The molecule has 6 amide bonds. The van der Waals surface area contributed by atoms with Crippen molar-refractivity contribution in [3.05, 3.63) is 142 Å². The Morgan fingerprint density at radius 1 is 0.508 bits per heavy atom. The third-order valence-electron chi connectivity index (χ3n) is 18.9. The van der Waals surface area contributed by atoms with E-state index in [0.29, 0.717) is 82.6 Å². The molecular weight excluding hydrogens is 1610 g/mol. The number of nitrogens with two attached hydrogens (primary N) is 3. The summed E-state index contributed by atoms with van der Waals surface area (Å²) < 4.78 is 174. The fourth-order valence-electron chi connectivity index (χ4n) is 12.3. The van der Waals surface area contributed by atoms with Gasteiger partial charge in [0.05, 0.1) is 71.9 Å². The third-order valence-corrected chi connectivity index (χ3v) is 24.7. The number of hydrogen-bond acceptors (Lipinski definition) is 22. The monoisotopic (exact) mass is 1730 g/mol. The van der Waals surface area contributed by atoms with Crippen LogP contribution in [0.3, 0.4) is 0 Å². The van der Waals surface area contributed by atoms with Crippen LogP contribution in [-0.2, 0) is 84.0 Å². The zero-order valence-electron chi connectivity index (χ0n) is 68.9. The zero-order chi connectivity index (χ0) is 88.6. The van der Waals surface area contributed by atoms with Crippen molar-refractivity contribution in [1.29, 1.82) is 5.26 Å². The number of benzene rings is 4. The van der Waals surface area contributed by atoms with Gasteiger partial charge in [0.15, 0.2) is 29.5 Å². The van der Waals surface area contributed by atoms with Crippen LogP contribution in [0.25, 0.3) is 0 Å². The Labute approximate surface area is 690 Å². The number of unbranched alkanes of at least 4 members (excludes halogenated alkanes) is 2. The largest absolute Gasteiger partial charge is 0.453 e. The van der Waals surface area contributed by atoms with Crippen molar-refractivity contribution in [2.75, 3.05) is 75.2 Å². The smallest absolute Gasteiger partial charge is 0.408 e. The summed E-state index contributed by atoms with van der Waals surface area (Å²) in [6, 6.07) is 11.9. The minimum atomic E-state index is -3.82. The van der Waals surface area contributed by atoms with Crippen molar-refractivity contribution in [3.63, 3.8) is 0 Å². The molecule has 1 saturated carbocycles. The van der Waals surface area contributed by atoms with E-state index in [1.54, 1.807) is 24.3 Å². The second-order valence-corrected chi connectivity index (χ2v) is 37.2. The number of nitrogens with zero attached hydrogens (tertiary/aromatic N) is 4. The fraction of sp³-hybridized carbons (Fsp3) is 0.617. The highest BCUT2D eigenvalue weighted by atomic mass is 32.2. The van der Waals surface area contributed by atoms with Crippen LogP contribution in [0.15, 0.2) is 84.9 Å². The third kappa shape index (κ3) is 40.7. The Hall–Kier alpha value is -8.22. The molecule has 5 rings (SSSR count). The number of halogens is 6. The highest BCUT2D eigenvalue weighted by molar-refractivity contribution is 7.92. The first-order valence-corrected chi connectivity index (χ1v) is 45.1. The number of aliphatic hydroxyl groups is 3. The minimum Gasteiger partial charge on any atom is -0.453 e. The van der Waals surface area contributed by atoms with E-state index in [9.17, 15) is 95.7 Å². The molecule has 664 valence electrons. The summed E-state index contributed by atoms with van der Waals surface area (Å²) >= 11 is 0. The van der Waals surface area contributed by atoms with Crippen LogP contribution in [0, 0.1) is 58.1 Å². The molecule has 0 aliphatic heterocycles. The fourth-order valence-corrected chi connectivity index (χ4v) is 17.7. The number of hydrogen-bond donors (Lipinski definition) is 9. The summed E-state index contributed by atoms with van der Waals surface area (Å²) in [4.78, 5) is 81.7. The molecule has 1 aliphatic rings. The second-order valence-electron chi connectivity index (χ2n) is 30.4. The van der Waals surface area contributed by atoms with Gasteiger partial charge in [0.2, 0.25) is 17.7 Å². The first kappa shape index (κ1) is 104. The van der Waals surface area contributed by atoms with E-state index in [1.165, 1.54) is 14.7 Å². The molecule has 1 aliphatic carbocycles. The summed E-state index contributed by atoms with van der Waals surface area (Å²) in [5.41, 5.74) is 19.7. The van der Waals surface area contributed by atoms with Gasteiger partial charge in [-0.25, -0.2) is 66.0 Å². The average Bonchev–Trinajstić information content (AvgIpc) is 1.53. The average molecular weight is 1730 g/mol. The van der Waals surface area contributed by atoms with E-state index in [1.807, 2.05) is 67.5 Å². The number of sulfone groups is 3. The molecule has 9 atom stereocenters. The van der Waals surface area contributed by atoms with Crippen LogP contribution in [0.2, 0.25) is 0 Å². The maximum atomic E-state index is 13.8. The van der Waals surface area contributed by atoms with E-state index in [0.717, 1.165) is 61.7 Å².